The van der Waals surface area contributed by atoms with E-state index in [0.717, 1.165) is 22.4 Å². The van der Waals surface area contributed by atoms with E-state index in [1.54, 1.807) is 0 Å². The van der Waals surface area contributed by atoms with Gasteiger partial charge in [-0.05, 0) is 36.1 Å². The minimum atomic E-state index is -4.21. The van der Waals surface area contributed by atoms with E-state index in [9.17, 15) is 13.2 Å². The zero-order valence-corrected chi connectivity index (χ0v) is 17.6. The molecule has 160 valence electrons. The Morgan fingerprint density at radius 3 is 2.17 bits per heavy atom. The number of nitrogens with one attached hydrogen (secondary N) is 1. The Hall–Kier alpha value is -1.76. The average molecular weight is 429 g/mol. The fourth-order valence-electron chi connectivity index (χ4n) is 3.80. The smallest absolute Gasteiger partial charge is 0.390 e. The first kappa shape index (κ1) is 23.5. The number of alkyl halides is 3. The summed E-state index contributed by atoms with van der Waals surface area (Å²) in [5.74, 6) is 0.749. The maximum Gasteiger partial charge on any atom is 0.390 e. The highest BCUT2D eigenvalue weighted by atomic mass is 35.5. The van der Waals surface area contributed by atoms with Crippen molar-refractivity contribution < 1.29 is 17.9 Å². The van der Waals surface area contributed by atoms with Crippen LogP contribution in [0.3, 0.4) is 0 Å². The summed E-state index contributed by atoms with van der Waals surface area (Å²) in [7, 11) is 0. The van der Waals surface area contributed by atoms with Crippen LogP contribution in [0.15, 0.2) is 42.5 Å². The Balaban J connectivity index is 0.00000300. The summed E-state index contributed by atoms with van der Waals surface area (Å²) in [6.07, 6.45) is -5.05. The van der Waals surface area contributed by atoms with Gasteiger partial charge in [-0.1, -0.05) is 42.5 Å². The second-order valence-electron chi connectivity index (χ2n) is 7.38. The third-order valence-electron chi connectivity index (χ3n) is 5.11. The topological polar surface area (TPSA) is 24.5 Å². The van der Waals surface area contributed by atoms with Gasteiger partial charge in [0.25, 0.3) is 0 Å². The molecule has 3 rings (SSSR count). The van der Waals surface area contributed by atoms with Gasteiger partial charge in [-0.3, -0.25) is 4.90 Å². The van der Waals surface area contributed by atoms with Gasteiger partial charge in [-0.25, -0.2) is 0 Å². The van der Waals surface area contributed by atoms with Gasteiger partial charge in [0, 0.05) is 32.2 Å². The van der Waals surface area contributed by atoms with Gasteiger partial charge >= 0.3 is 6.18 Å². The number of halogens is 4. The van der Waals surface area contributed by atoms with Crippen LogP contribution in [0.4, 0.5) is 13.2 Å². The van der Waals surface area contributed by atoms with Crippen LogP contribution in [0.25, 0.3) is 0 Å². The minimum absolute atomic E-state index is 0. The zero-order valence-electron chi connectivity index (χ0n) is 16.8. The molecule has 3 nitrogen and oxygen atoms in total. The lowest BCUT2D eigenvalue weighted by atomic mass is 9.96. The van der Waals surface area contributed by atoms with Crippen LogP contribution in [0.1, 0.15) is 34.7 Å². The van der Waals surface area contributed by atoms with Crippen LogP contribution in [-0.2, 0) is 6.61 Å². The summed E-state index contributed by atoms with van der Waals surface area (Å²) < 4.78 is 45.8. The Kier molecular flexibility index (Phi) is 8.37. The third kappa shape index (κ3) is 6.63. The van der Waals surface area contributed by atoms with E-state index in [4.69, 9.17) is 4.74 Å². The van der Waals surface area contributed by atoms with Gasteiger partial charge in [0.1, 0.15) is 12.4 Å². The lowest BCUT2D eigenvalue weighted by Crippen LogP contribution is -2.46. The molecule has 2 aromatic carbocycles. The highest BCUT2D eigenvalue weighted by Gasteiger charge is 2.36. The van der Waals surface area contributed by atoms with E-state index in [0.29, 0.717) is 38.3 Å². The molecule has 2 aromatic rings. The number of piperazine rings is 1. The molecule has 0 amide bonds. The zero-order chi connectivity index (χ0) is 20.1. The van der Waals surface area contributed by atoms with Gasteiger partial charge in [-0.15, -0.1) is 12.4 Å². The van der Waals surface area contributed by atoms with Crippen molar-refractivity contribution in [2.75, 3.05) is 26.2 Å². The Bertz CT molecular complexity index is 754. The maximum atomic E-state index is 13.3. The van der Waals surface area contributed by atoms with Crippen LogP contribution in [0, 0.1) is 13.8 Å². The Morgan fingerprint density at radius 2 is 1.62 bits per heavy atom. The molecular weight excluding hydrogens is 401 g/mol. The standard InChI is InChI=1S/C22H27F3N2O.ClH/c1-16-12-19(20(14-22(23,24)25)27-10-8-26-9-11-27)13-17(2)21(16)28-15-18-6-4-3-5-7-18;/h3-7,12-13,20,26H,8-11,14-15H2,1-2H3;1H/t20-;/m0./s1. The van der Waals surface area contributed by atoms with Crippen LogP contribution < -0.4 is 10.1 Å². The van der Waals surface area contributed by atoms with Crippen LogP contribution in [0.5, 0.6) is 5.75 Å². The lowest BCUT2D eigenvalue weighted by molar-refractivity contribution is -0.148. The van der Waals surface area contributed by atoms with Gasteiger partial charge in [0.15, 0.2) is 0 Å². The van der Waals surface area contributed by atoms with Gasteiger partial charge in [0.2, 0.25) is 0 Å². The van der Waals surface area contributed by atoms with E-state index in [1.807, 2.05) is 61.2 Å². The second-order valence-corrected chi connectivity index (χ2v) is 7.38. The fraction of sp³-hybridized carbons (Fsp3) is 0.455. The molecule has 1 aliphatic rings. The molecule has 1 saturated heterocycles. The normalized spacial score (nSPS) is 16.2. The molecule has 0 radical (unpaired) electrons. The van der Waals surface area contributed by atoms with E-state index in [1.165, 1.54) is 0 Å². The van der Waals surface area contributed by atoms with Crippen molar-refractivity contribution in [3.8, 4) is 5.75 Å². The molecule has 1 atom stereocenters. The molecular formula is C22H28ClF3N2O. The molecule has 0 unspecified atom stereocenters. The van der Waals surface area contributed by atoms with Crippen molar-refractivity contribution in [2.24, 2.45) is 0 Å². The van der Waals surface area contributed by atoms with Crippen molar-refractivity contribution in [1.29, 1.82) is 0 Å². The van der Waals surface area contributed by atoms with E-state index in [-0.39, 0.29) is 12.4 Å². The highest BCUT2D eigenvalue weighted by Crippen LogP contribution is 2.37. The third-order valence-corrected chi connectivity index (χ3v) is 5.11. The number of benzene rings is 2. The second kappa shape index (κ2) is 10.3. The lowest BCUT2D eigenvalue weighted by Gasteiger charge is -2.36. The molecule has 0 saturated carbocycles. The number of ether oxygens (including phenoxy) is 1. The SMILES string of the molecule is Cc1cc([C@H](CC(F)(F)F)N2CCNCC2)cc(C)c1OCc1ccccc1.Cl. The van der Waals surface area contributed by atoms with Crippen LogP contribution in [0.2, 0.25) is 0 Å². The summed E-state index contributed by atoms with van der Waals surface area (Å²) in [4.78, 5) is 1.93. The molecule has 29 heavy (non-hydrogen) atoms. The van der Waals surface area contributed by atoms with Gasteiger partial charge in [-0.2, -0.15) is 13.2 Å². The molecule has 0 spiro atoms. The number of hydrogen-bond acceptors (Lipinski definition) is 3. The van der Waals surface area contributed by atoms with Crippen molar-refractivity contribution in [3.63, 3.8) is 0 Å². The molecule has 0 aliphatic carbocycles. The minimum Gasteiger partial charge on any atom is -0.488 e. The summed E-state index contributed by atoms with van der Waals surface area (Å²) in [6, 6.07) is 12.9. The number of hydrogen-bond donors (Lipinski definition) is 1. The van der Waals surface area contributed by atoms with Crippen molar-refractivity contribution in [1.82, 2.24) is 10.2 Å². The first-order valence-electron chi connectivity index (χ1n) is 9.63. The van der Waals surface area contributed by atoms with Gasteiger partial charge < -0.3 is 10.1 Å². The molecule has 1 fully saturated rings. The molecule has 0 bridgehead atoms. The van der Waals surface area contributed by atoms with Crippen LogP contribution >= 0.6 is 12.4 Å². The summed E-state index contributed by atoms with van der Waals surface area (Å²) >= 11 is 0. The van der Waals surface area contributed by atoms with Crippen LogP contribution in [-0.4, -0.2) is 37.3 Å². The number of rotatable bonds is 6. The molecule has 1 N–H and O–H groups in total. The monoisotopic (exact) mass is 428 g/mol. The first-order valence-corrected chi connectivity index (χ1v) is 9.63. The first-order chi connectivity index (χ1) is 13.3. The summed E-state index contributed by atoms with van der Waals surface area (Å²) in [5, 5.41) is 3.21. The summed E-state index contributed by atoms with van der Waals surface area (Å²) in [5.41, 5.74) is 3.50. The molecule has 7 heteroatoms. The van der Waals surface area contributed by atoms with Crippen molar-refractivity contribution >= 4 is 12.4 Å². The fourth-order valence-corrected chi connectivity index (χ4v) is 3.80. The maximum absolute atomic E-state index is 13.3. The van der Waals surface area contributed by atoms with E-state index < -0.39 is 18.6 Å². The number of aryl methyl sites for hydroxylation is 2. The molecule has 1 aliphatic heterocycles. The number of nitrogens with zero attached hydrogens (tertiary/aromatic N) is 1. The highest BCUT2D eigenvalue weighted by molar-refractivity contribution is 5.85. The predicted octanol–water partition coefficient (Wildman–Crippen LogP) is 5.20. The summed E-state index contributed by atoms with van der Waals surface area (Å²) in [6.45, 7) is 6.90. The van der Waals surface area contributed by atoms with Gasteiger partial charge in [0.05, 0.1) is 6.42 Å². The quantitative estimate of drug-likeness (QED) is 0.684. The van der Waals surface area contributed by atoms with Crippen molar-refractivity contribution in [3.05, 3.63) is 64.7 Å². The average Bonchev–Trinajstić information content (AvgIpc) is 2.66. The van der Waals surface area contributed by atoms with E-state index in [2.05, 4.69) is 5.32 Å². The Morgan fingerprint density at radius 1 is 1.03 bits per heavy atom. The van der Waals surface area contributed by atoms with E-state index >= 15 is 0 Å². The molecule has 0 aromatic heterocycles. The van der Waals surface area contributed by atoms with Crippen molar-refractivity contribution in [2.45, 2.75) is 39.1 Å². The largest absolute Gasteiger partial charge is 0.488 e. The Labute approximate surface area is 176 Å². The molecule has 1 heterocycles. The predicted molar refractivity (Wildman–Crippen MR) is 112 cm³/mol.